The maximum atomic E-state index is 14.2. The minimum atomic E-state index is -0.920. The van der Waals surface area contributed by atoms with Crippen molar-refractivity contribution in [2.24, 2.45) is 0 Å². The summed E-state index contributed by atoms with van der Waals surface area (Å²) in [7, 11) is 0. The number of rotatable bonds is 3. The van der Waals surface area contributed by atoms with Crippen LogP contribution in [-0.4, -0.2) is 0 Å². The average molecular weight is 317 g/mol. The van der Waals surface area contributed by atoms with Crippen molar-refractivity contribution in [2.75, 3.05) is 4.90 Å². The van der Waals surface area contributed by atoms with E-state index < -0.39 is 23.3 Å². The summed E-state index contributed by atoms with van der Waals surface area (Å²) in [6.07, 6.45) is 0. The van der Waals surface area contributed by atoms with Gasteiger partial charge in [-0.2, -0.15) is 0 Å². The van der Waals surface area contributed by atoms with Gasteiger partial charge < -0.3 is 4.90 Å². The lowest BCUT2D eigenvalue weighted by Crippen LogP contribution is -2.14. The van der Waals surface area contributed by atoms with E-state index in [1.807, 2.05) is 0 Å². The standard InChI is InChI=1S/C18H11F4N/c19-12-9-10-18(15(22)11-12)23(16-7-3-1-5-13(16)20)17-8-4-2-6-14(17)21/h1-11H. The van der Waals surface area contributed by atoms with Crippen LogP contribution >= 0.6 is 0 Å². The third-order valence-corrected chi connectivity index (χ3v) is 3.34. The smallest absolute Gasteiger partial charge is 0.150 e. The molecule has 0 aromatic heterocycles. The molecule has 23 heavy (non-hydrogen) atoms. The fraction of sp³-hybridized carbons (Fsp3) is 0. The van der Waals surface area contributed by atoms with Crippen LogP contribution in [0.4, 0.5) is 34.6 Å². The Morgan fingerprint density at radius 2 is 1.00 bits per heavy atom. The first kappa shape index (κ1) is 15.1. The van der Waals surface area contributed by atoms with E-state index in [2.05, 4.69) is 0 Å². The minimum Gasteiger partial charge on any atom is -0.302 e. The van der Waals surface area contributed by atoms with E-state index in [0.29, 0.717) is 6.07 Å². The lowest BCUT2D eigenvalue weighted by Gasteiger charge is -2.26. The third kappa shape index (κ3) is 2.90. The molecule has 0 amide bonds. The van der Waals surface area contributed by atoms with E-state index in [1.165, 1.54) is 36.4 Å². The fourth-order valence-electron chi connectivity index (χ4n) is 2.32. The summed E-state index contributed by atoms with van der Waals surface area (Å²) >= 11 is 0. The molecule has 0 unspecified atom stereocenters. The summed E-state index contributed by atoms with van der Waals surface area (Å²) in [6.45, 7) is 0. The predicted octanol–water partition coefficient (Wildman–Crippen LogP) is 5.71. The van der Waals surface area contributed by atoms with Gasteiger partial charge in [-0.1, -0.05) is 24.3 Å². The first-order valence-corrected chi connectivity index (χ1v) is 6.82. The highest BCUT2D eigenvalue weighted by molar-refractivity contribution is 5.77. The van der Waals surface area contributed by atoms with Crippen LogP contribution in [0.15, 0.2) is 66.7 Å². The maximum absolute atomic E-state index is 14.2. The van der Waals surface area contributed by atoms with Gasteiger partial charge in [0.1, 0.15) is 23.3 Å². The van der Waals surface area contributed by atoms with Gasteiger partial charge in [0.05, 0.1) is 17.1 Å². The molecule has 0 atom stereocenters. The monoisotopic (exact) mass is 317 g/mol. The zero-order valence-electron chi connectivity index (χ0n) is 11.8. The van der Waals surface area contributed by atoms with Crippen molar-refractivity contribution in [3.8, 4) is 0 Å². The molecule has 0 fully saturated rings. The first-order chi connectivity index (χ1) is 11.1. The zero-order valence-corrected chi connectivity index (χ0v) is 11.8. The number of halogens is 4. The molecule has 3 aromatic rings. The second-order valence-electron chi connectivity index (χ2n) is 4.83. The van der Waals surface area contributed by atoms with Gasteiger partial charge in [-0.3, -0.25) is 0 Å². The van der Waals surface area contributed by atoms with Gasteiger partial charge in [-0.25, -0.2) is 17.6 Å². The molecule has 0 N–H and O–H groups in total. The molecule has 0 saturated carbocycles. The van der Waals surface area contributed by atoms with Crippen molar-refractivity contribution in [3.63, 3.8) is 0 Å². The SMILES string of the molecule is Fc1ccc(N(c2ccccc2F)c2ccccc2F)c(F)c1. The van der Waals surface area contributed by atoms with Crippen molar-refractivity contribution in [2.45, 2.75) is 0 Å². The molecule has 0 saturated heterocycles. The average Bonchev–Trinajstić information content (AvgIpc) is 2.53. The Balaban J connectivity index is 2.27. The molecule has 0 aliphatic carbocycles. The number of hydrogen-bond acceptors (Lipinski definition) is 1. The van der Waals surface area contributed by atoms with Gasteiger partial charge in [0.15, 0.2) is 0 Å². The second kappa shape index (κ2) is 6.12. The van der Waals surface area contributed by atoms with Gasteiger partial charge in [0.25, 0.3) is 0 Å². The molecule has 0 aliphatic rings. The molecular formula is C18H11F4N. The van der Waals surface area contributed by atoms with Gasteiger partial charge in [-0.05, 0) is 36.4 Å². The topological polar surface area (TPSA) is 3.24 Å². The first-order valence-electron chi connectivity index (χ1n) is 6.82. The van der Waals surface area contributed by atoms with Crippen molar-refractivity contribution < 1.29 is 17.6 Å². The molecule has 0 radical (unpaired) electrons. The van der Waals surface area contributed by atoms with Crippen LogP contribution in [0.5, 0.6) is 0 Å². The van der Waals surface area contributed by atoms with Crippen molar-refractivity contribution in [1.82, 2.24) is 0 Å². The Labute approximate surface area is 130 Å². The minimum absolute atomic E-state index is 0.0388. The van der Waals surface area contributed by atoms with E-state index in [1.54, 1.807) is 12.1 Å². The molecule has 0 spiro atoms. The Hall–Kier alpha value is -2.82. The predicted molar refractivity (Wildman–Crippen MR) is 81.0 cm³/mol. The maximum Gasteiger partial charge on any atom is 0.150 e. The van der Waals surface area contributed by atoms with Gasteiger partial charge >= 0.3 is 0 Å². The lowest BCUT2D eigenvalue weighted by atomic mass is 10.1. The molecule has 116 valence electrons. The van der Waals surface area contributed by atoms with Crippen molar-refractivity contribution >= 4 is 17.1 Å². The third-order valence-electron chi connectivity index (χ3n) is 3.34. The summed E-state index contributed by atoms with van der Waals surface area (Å²) in [5.41, 5.74) is -0.229. The number of hydrogen-bond donors (Lipinski definition) is 0. The highest BCUT2D eigenvalue weighted by Crippen LogP contribution is 2.38. The largest absolute Gasteiger partial charge is 0.302 e. The van der Waals surface area contributed by atoms with Gasteiger partial charge in [0, 0.05) is 6.07 Å². The Morgan fingerprint density at radius 1 is 0.522 bits per heavy atom. The summed E-state index contributed by atoms with van der Waals surface area (Å²) in [6, 6.07) is 14.0. The highest BCUT2D eigenvalue weighted by atomic mass is 19.1. The van der Waals surface area contributed by atoms with E-state index >= 15 is 0 Å². The van der Waals surface area contributed by atoms with Gasteiger partial charge in [0.2, 0.25) is 0 Å². The van der Waals surface area contributed by atoms with E-state index in [-0.39, 0.29) is 17.1 Å². The van der Waals surface area contributed by atoms with Crippen molar-refractivity contribution in [1.29, 1.82) is 0 Å². The summed E-state index contributed by atoms with van der Waals surface area (Å²) in [5.74, 6) is -3.00. The Morgan fingerprint density at radius 3 is 1.48 bits per heavy atom. The van der Waals surface area contributed by atoms with Crippen molar-refractivity contribution in [3.05, 3.63) is 90.0 Å². The summed E-state index contributed by atoms with van der Waals surface area (Å²) < 4.78 is 55.8. The number of para-hydroxylation sites is 2. The Kier molecular flexibility index (Phi) is 4.02. The molecule has 3 rings (SSSR count). The molecule has 3 aromatic carbocycles. The zero-order chi connectivity index (χ0) is 16.4. The molecule has 0 aliphatic heterocycles. The number of nitrogens with zero attached hydrogens (tertiary/aromatic N) is 1. The molecule has 0 heterocycles. The van der Waals surface area contributed by atoms with Crippen LogP contribution < -0.4 is 4.90 Å². The van der Waals surface area contributed by atoms with E-state index in [9.17, 15) is 17.6 Å². The normalized spacial score (nSPS) is 10.6. The van der Waals surface area contributed by atoms with Crippen LogP contribution in [0.2, 0.25) is 0 Å². The van der Waals surface area contributed by atoms with Crippen LogP contribution in [0, 0.1) is 23.3 Å². The number of benzene rings is 3. The molecule has 0 bridgehead atoms. The summed E-state index contributed by atoms with van der Waals surface area (Å²) in [4.78, 5) is 1.08. The molecule has 1 nitrogen and oxygen atoms in total. The second-order valence-corrected chi connectivity index (χ2v) is 4.83. The van der Waals surface area contributed by atoms with E-state index in [0.717, 1.165) is 17.0 Å². The Bertz CT molecular complexity index is 802. The highest BCUT2D eigenvalue weighted by Gasteiger charge is 2.21. The number of anilines is 3. The van der Waals surface area contributed by atoms with E-state index in [4.69, 9.17) is 0 Å². The molecule has 5 heteroatoms. The quantitative estimate of drug-likeness (QED) is 0.559. The lowest BCUT2D eigenvalue weighted by molar-refractivity contribution is 0.582. The van der Waals surface area contributed by atoms with Crippen LogP contribution in [-0.2, 0) is 0 Å². The van der Waals surface area contributed by atoms with Crippen LogP contribution in [0.1, 0.15) is 0 Å². The summed E-state index contributed by atoms with van der Waals surface area (Å²) in [5, 5.41) is 0. The fourth-order valence-corrected chi connectivity index (χ4v) is 2.32. The van der Waals surface area contributed by atoms with Crippen LogP contribution in [0.3, 0.4) is 0 Å². The van der Waals surface area contributed by atoms with Gasteiger partial charge in [-0.15, -0.1) is 0 Å². The van der Waals surface area contributed by atoms with Crippen LogP contribution in [0.25, 0.3) is 0 Å². The molecular weight excluding hydrogens is 306 g/mol.